The molecule has 110 valence electrons. The van der Waals surface area contributed by atoms with Gasteiger partial charge >= 0.3 is 0 Å². The van der Waals surface area contributed by atoms with Crippen LogP contribution in [-0.2, 0) is 4.74 Å². The Balaban J connectivity index is 1.93. The van der Waals surface area contributed by atoms with Gasteiger partial charge in [0.2, 0.25) is 0 Å². The Morgan fingerprint density at radius 1 is 1.32 bits per heavy atom. The molecule has 2 aliphatic heterocycles. The first kappa shape index (κ1) is 15.0. The Kier molecular flexibility index (Phi) is 4.70. The second-order valence-corrected chi connectivity index (χ2v) is 7.28. The lowest BCUT2D eigenvalue weighted by Crippen LogP contribution is -2.47. The molecule has 0 saturated carbocycles. The molecular weight excluding hydrogens is 236 g/mol. The molecular formula is C16H30N2O. The molecule has 0 aromatic carbocycles. The van der Waals surface area contributed by atoms with Gasteiger partial charge in [-0.15, -0.1) is 0 Å². The van der Waals surface area contributed by atoms with E-state index in [1.165, 1.54) is 13.0 Å². The molecule has 0 atom stereocenters. The SMILES string of the molecule is CC(C)(C)C1=CCN(CC2(CN)CCOCC2)CC1. The second kappa shape index (κ2) is 5.94. The molecule has 2 N–H and O–H groups in total. The first-order chi connectivity index (χ1) is 8.95. The lowest BCUT2D eigenvalue weighted by molar-refractivity contribution is 0.000853. The Hall–Kier alpha value is -0.380. The Bertz CT molecular complexity index is 324. The van der Waals surface area contributed by atoms with Crippen LogP contribution in [0, 0.1) is 10.8 Å². The van der Waals surface area contributed by atoms with Crippen molar-refractivity contribution in [1.29, 1.82) is 0 Å². The van der Waals surface area contributed by atoms with Gasteiger partial charge in [0.05, 0.1) is 0 Å². The normalized spacial score (nSPS) is 25.2. The van der Waals surface area contributed by atoms with E-state index in [1.807, 2.05) is 0 Å². The summed E-state index contributed by atoms with van der Waals surface area (Å²) >= 11 is 0. The molecule has 1 fully saturated rings. The third-order valence-electron chi connectivity index (χ3n) is 4.80. The highest BCUT2D eigenvalue weighted by atomic mass is 16.5. The highest BCUT2D eigenvalue weighted by molar-refractivity contribution is 5.14. The van der Waals surface area contributed by atoms with Crippen LogP contribution in [0.1, 0.15) is 40.0 Å². The van der Waals surface area contributed by atoms with Gasteiger partial charge in [0.25, 0.3) is 0 Å². The molecule has 0 spiro atoms. The first-order valence-corrected chi connectivity index (χ1v) is 7.65. The molecule has 19 heavy (non-hydrogen) atoms. The van der Waals surface area contributed by atoms with Gasteiger partial charge in [-0.2, -0.15) is 0 Å². The maximum Gasteiger partial charge on any atom is 0.0472 e. The predicted octanol–water partition coefficient (Wildman–Crippen LogP) is 2.42. The summed E-state index contributed by atoms with van der Waals surface area (Å²) < 4.78 is 5.49. The van der Waals surface area contributed by atoms with Crippen molar-refractivity contribution in [3.05, 3.63) is 11.6 Å². The fourth-order valence-electron chi connectivity index (χ4n) is 3.24. The molecule has 1 saturated heterocycles. The van der Waals surface area contributed by atoms with Crippen LogP contribution in [-0.4, -0.2) is 44.3 Å². The van der Waals surface area contributed by atoms with Gasteiger partial charge < -0.3 is 10.5 Å². The molecule has 2 aliphatic rings. The van der Waals surface area contributed by atoms with Crippen LogP contribution in [0.2, 0.25) is 0 Å². The van der Waals surface area contributed by atoms with Crippen LogP contribution >= 0.6 is 0 Å². The summed E-state index contributed by atoms with van der Waals surface area (Å²) in [4.78, 5) is 2.58. The van der Waals surface area contributed by atoms with Crippen molar-refractivity contribution < 1.29 is 4.74 Å². The molecule has 0 bridgehead atoms. The van der Waals surface area contributed by atoms with E-state index in [9.17, 15) is 0 Å². The predicted molar refractivity (Wildman–Crippen MR) is 80.1 cm³/mol. The van der Waals surface area contributed by atoms with E-state index < -0.39 is 0 Å². The summed E-state index contributed by atoms with van der Waals surface area (Å²) in [6.45, 7) is 12.9. The third kappa shape index (κ3) is 3.80. The van der Waals surface area contributed by atoms with E-state index in [4.69, 9.17) is 10.5 Å². The van der Waals surface area contributed by atoms with Gasteiger partial charge in [-0.05, 0) is 36.6 Å². The zero-order valence-corrected chi connectivity index (χ0v) is 12.9. The summed E-state index contributed by atoms with van der Waals surface area (Å²) in [6, 6.07) is 0. The Morgan fingerprint density at radius 3 is 2.47 bits per heavy atom. The second-order valence-electron chi connectivity index (χ2n) is 7.28. The van der Waals surface area contributed by atoms with Crippen molar-refractivity contribution in [3.8, 4) is 0 Å². The number of nitrogens with zero attached hydrogens (tertiary/aromatic N) is 1. The van der Waals surface area contributed by atoms with Crippen LogP contribution in [0.25, 0.3) is 0 Å². The third-order valence-corrected chi connectivity index (χ3v) is 4.80. The smallest absolute Gasteiger partial charge is 0.0472 e. The summed E-state index contributed by atoms with van der Waals surface area (Å²) in [5, 5.41) is 0. The Labute approximate surface area is 118 Å². The van der Waals surface area contributed by atoms with Crippen LogP contribution in [0.3, 0.4) is 0 Å². The van der Waals surface area contributed by atoms with Crippen LogP contribution in [0.4, 0.5) is 0 Å². The van der Waals surface area contributed by atoms with Crippen molar-refractivity contribution in [2.24, 2.45) is 16.6 Å². The standard InChI is InChI=1S/C16H30N2O/c1-15(2,3)14-4-8-18(9-5-14)13-16(12-17)6-10-19-11-7-16/h4H,5-13,17H2,1-3H3. The average Bonchev–Trinajstić information content (AvgIpc) is 2.39. The average molecular weight is 266 g/mol. The van der Waals surface area contributed by atoms with Gasteiger partial charge in [-0.25, -0.2) is 0 Å². The van der Waals surface area contributed by atoms with Gasteiger partial charge in [-0.1, -0.05) is 32.4 Å². The molecule has 0 aromatic rings. The Morgan fingerprint density at radius 2 is 2.00 bits per heavy atom. The number of rotatable bonds is 3. The number of hydrogen-bond donors (Lipinski definition) is 1. The summed E-state index contributed by atoms with van der Waals surface area (Å²) in [7, 11) is 0. The number of ether oxygens (including phenoxy) is 1. The molecule has 3 nitrogen and oxygen atoms in total. The van der Waals surface area contributed by atoms with Crippen molar-refractivity contribution in [3.63, 3.8) is 0 Å². The van der Waals surface area contributed by atoms with Gasteiger partial charge in [0, 0.05) is 32.8 Å². The molecule has 2 heterocycles. The molecule has 0 amide bonds. The summed E-state index contributed by atoms with van der Waals surface area (Å²) in [5.74, 6) is 0. The minimum atomic E-state index is 0.297. The van der Waals surface area contributed by atoms with E-state index in [2.05, 4.69) is 31.7 Å². The van der Waals surface area contributed by atoms with E-state index >= 15 is 0 Å². The van der Waals surface area contributed by atoms with Gasteiger partial charge in [0.1, 0.15) is 0 Å². The lowest BCUT2D eigenvalue weighted by Gasteiger charge is -2.42. The lowest BCUT2D eigenvalue weighted by atomic mass is 9.78. The minimum absolute atomic E-state index is 0.297. The van der Waals surface area contributed by atoms with E-state index in [0.717, 1.165) is 45.7 Å². The zero-order valence-electron chi connectivity index (χ0n) is 12.9. The molecule has 3 heteroatoms. The van der Waals surface area contributed by atoms with Crippen molar-refractivity contribution in [2.45, 2.75) is 40.0 Å². The fraction of sp³-hybridized carbons (Fsp3) is 0.875. The quantitative estimate of drug-likeness (QED) is 0.797. The number of nitrogens with two attached hydrogens (primary N) is 1. The molecule has 0 aromatic heterocycles. The topological polar surface area (TPSA) is 38.5 Å². The van der Waals surface area contributed by atoms with E-state index in [1.54, 1.807) is 5.57 Å². The first-order valence-electron chi connectivity index (χ1n) is 7.65. The minimum Gasteiger partial charge on any atom is -0.381 e. The highest BCUT2D eigenvalue weighted by Crippen LogP contribution is 2.33. The van der Waals surface area contributed by atoms with Crippen molar-refractivity contribution >= 4 is 0 Å². The van der Waals surface area contributed by atoms with Crippen molar-refractivity contribution in [2.75, 3.05) is 39.4 Å². The van der Waals surface area contributed by atoms with Gasteiger partial charge in [0.15, 0.2) is 0 Å². The maximum atomic E-state index is 6.05. The summed E-state index contributed by atoms with van der Waals surface area (Å²) in [6.07, 6.45) is 5.89. The fourth-order valence-corrected chi connectivity index (χ4v) is 3.24. The van der Waals surface area contributed by atoms with Crippen molar-refractivity contribution in [1.82, 2.24) is 4.90 Å². The monoisotopic (exact) mass is 266 g/mol. The van der Waals surface area contributed by atoms with Gasteiger partial charge in [-0.3, -0.25) is 4.90 Å². The molecule has 2 rings (SSSR count). The molecule has 0 aliphatic carbocycles. The van der Waals surface area contributed by atoms with E-state index in [-0.39, 0.29) is 0 Å². The zero-order chi connectivity index (χ0) is 13.9. The maximum absolute atomic E-state index is 6.05. The highest BCUT2D eigenvalue weighted by Gasteiger charge is 2.34. The van der Waals surface area contributed by atoms with Crippen LogP contribution < -0.4 is 5.73 Å². The summed E-state index contributed by atoms with van der Waals surface area (Å²) in [5.41, 5.74) is 8.29. The van der Waals surface area contributed by atoms with Crippen LogP contribution in [0.15, 0.2) is 11.6 Å². The molecule has 0 radical (unpaired) electrons. The number of hydrogen-bond acceptors (Lipinski definition) is 3. The molecule has 0 unspecified atom stereocenters. The largest absolute Gasteiger partial charge is 0.381 e. The van der Waals surface area contributed by atoms with E-state index in [0.29, 0.717) is 10.8 Å². The van der Waals surface area contributed by atoms with Crippen LogP contribution in [0.5, 0.6) is 0 Å².